The minimum Gasteiger partial charge on any atom is -0.482 e. The van der Waals surface area contributed by atoms with Crippen molar-refractivity contribution in [3.8, 4) is 11.8 Å². The number of ether oxygens (including phenoxy) is 1. The van der Waals surface area contributed by atoms with E-state index in [1.165, 1.54) is 6.08 Å². The van der Waals surface area contributed by atoms with Gasteiger partial charge in [0.25, 0.3) is 5.91 Å². The number of aliphatic carboxylic acids is 1. The monoisotopic (exact) mass is 350 g/mol. The summed E-state index contributed by atoms with van der Waals surface area (Å²) in [7, 11) is 0. The zero-order valence-corrected chi connectivity index (χ0v) is 14.2. The van der Waals surface area contributed by atoms with Crippen LogP contribution in [-0.2, 0) is 16.0 Å². The largest absolute Gasteiger partial charge is 0.482 e. The summed E-state index contributed by atoms with van der Waals surface area (Å²) in [5.74, 6) is -1.17. The summed E-state index contributed by atoms with van der Waals surface area (Å²) >= 11 is 0. The molecule has 0 fully saturated rings. The van der Waals surface area contributed by atoms with Crippen molar-refractivity contribution in [2.75, 3.05) is 11.9 Å². The van der Waals surface area contributed by atoms with Crippen LogP contribution in [0.1, 0.15) is 18.1 Å². The van der Waals surface area contributed by atoms with E-state index in [2.05, 4.69) is 5.32 Å². The maximum atomic E-state index is 12.3. The number of aryl methyl sites for hydroxylation is 1. The zero-order chi connectivity index (χ0) is 18.9. The molecule has 0 atom stereocenters. The Morgan fingerprint density at radius 2 is 1.81 bits per heavy atom. The predicted molar refractivity (Wildman–Crippen MR) is 97.6 cm³/mol. The van der Waals surface area contributed by atoms with Gasteiger partial charge in [-0.1, -0.05) is 31.2 Å². The Morgan fingerprint density at radius 3 is 2.35 bits per heavy atom. The Kier molecular flexibility index (Phi) is 6.52. The van der Waals surface area contributed by atoms with Gasteiger partial charge in [0.1, 0.15) is 17.4 Å². The highest BCUT2D eigenvalue weighted by Gasteiger charge is 2.09. The Morgan fingerprint density at radius 1 is 1.15 bits per heavy atom. The molecule has 0 radical (unpaired) electrons. The Balaban J connectivity index is 2.07. The van der Waals surface area contributed by atoms with E-state index in [4.69, 9.17) is 9.84 Å². The smallest absolute Gasteiger partial charge is 0.341 e. The van der Waals surface area contributed by atoms with Crippen LogP contribution in [0, 0.1) is 11.3 Å². The van der Waals surface area contributed by atoms with Gasteiger partial charge in [-0.15, -0.1) is 0 Å². The van der Waals surface area contributed by atoms with Crippen molar-refractivity contribution in [1.82, 2.24) is 0 Å². The number of nitrogens with one attached hydrogen (secondary N) is 1. The maximum Gasteiger partial charge on any atom is 0.341 e. The summed E-state index contributed by atoms with van der Waals surface area (Å²) in [5.41, 5.74) is 2.36. The number of nitrogens with zero attached hydrogens (tertiary/aromatic N) is 1. The Labute approximate surface area is 151 Å². The van der Waals surface area contributed by atoms with Gasteiger partial charge in [-0.2, -0.15) is 5.26 Å². The standard InChI is InChI=1S/C20H18N2O4/c1-2-14-3-7-17(8-4-14)22-20(25)16(12-21)11-15-5-9-18(10-6-15)26-13-19(23)24/h3-11H,2,13H2,1H3,(H,22,25)(H,23,24)/b16-11+. The molecule has 0 aromatic heterocycles. The van der Waals surface area contributed by atoms with Crippen molar-refractivity contribution >= 4 is 23.6 Å². The number of carbonyl (C=O) groups excluding carboxylic acids is 1. The second-order valence-corrected chi connectivity index (χ2v) is 5.43. The molecule has 26 heavy (non-hydrogen) atoms. The molecule has 2 rings (SSSR count). The fraction of sp³-hybridized carbons (Fsp3) is 0.150. The van der Waals surface area contributed by atoms with Crippen molar-refractivity contribution in [1.29, 1.82) is 5.26 Å². The number of nitriles is 1. The van der Waals surface area contributed by atoms with Gasteiger partial charge in [0.2, 0.25) is 0 Å². The van der Waals surface area contributed by atoms with Crippen molar-refractivity contribution in [2.24, 2.45) is 0 Å². The minimum atomic E-state index is -1.07. The highest BCUT2D eigenvalue weighted by Crippen LogP contribution is 2.16. The lowest BCUT2D eigenvalue weighted by molar-refractivity contribution is -0.139. The van der Waals surface area contributed by atoms with Crippen molar-refractivity contribution in [2.45, 2.75) is 13.3 Å². The van der Waals surface area contributed by atoms with Crippen LogP contribution in [0.3, 0.4) is 0 Å². The highest BCUT2D eigenvalue weighted by molar-refractivity contribution is 6.09. The Hall–Kier alpha value is -3.59. The number of hydrogen-bond acceptors (Lipinski definition) is 4. The molecule has 0 spiro atoms. The molecule has 6 heteroatoms. The van der Waals surface area contributed by atoms with E-state index in [9.17, 15) is 14.9 Å². The summed E-state index contributed by atoms with van der Waals surface area (Å²) in [4.78, 5) is 22.7. The highest BCUT2D eigenvalue weighted by atomic mass is 16.5. The summed E-state index contributed by atoms with van der Waals surface area (Å²) in [6.45, 7) is 1.61. The lowest BCUT2D eigenvalue weighted by Gasteiger charge is -2.06. The number of amides is 1. The van der Waals surface area contributed by atoms with E-state index in [0.717, 1.165) is 12.0 Å². The van der Waals surface area contributed by atoms with E-state index in [-0.39, 0.29) is 5.57 Å². The molecule has 0 aliphatic carbocycles. The van der Waals surface area contributed by atoms with Crippen molar-refractivity contribution < 1.29 is 19.4 Å². The summed E-state index contributed by atoms with van der Waals surface area (Å²) < 4.78 is 5.03. The van der Waals surface area contributed by atoms with Gasteiger partial charge in [0, 0.05) is 5.69 Å². The number of rotatable bonds is 7. The van der Waals surface area contributed by atoms with E-state index in [1.807, 2.05) is 25.1 Å². The fourth-order valence-corrected chi connectivity index (χ4v) is 2.14. The number of benzene rings is 2. The van der Waals surface area contributed by atoms with Gasteiger partial charge in [0.05, 0.1) is 0 Å². The van der Waals surface area contributed by atoms with Crippen LogP contribution in [-0.4, -0.2) is 23.6 Å². The fourth-order valence-electron chi connectivity index (χ4n) is 2.14. The first-order valence-electron chi connectivity index (χ1n) is 7.98. The number of hydrogen-bond donors (Lipinski definition) is 2. The molecule has 0 unspecified atom stereocenters. The third-order valence-electron chi connectivity index (χ3n) is 3.54. The van der Waals surface area contributed by atoms with Crippen LogP contribution >= 0.6 is 0 Å². The molecule has 2 aromatic carbocycles. The van der Waals surface area contributed by atoms with Crippen LogP contribution < -0.4 is 10.1 Å². The summed E-state index contributed by atoms with van der Waals surface area (Å²) in [6.07, 6.45) is 2.36. The lowest BCUT2D eigenvalue weighted by atomic mass is 10.1. The molecule has 2 aromatic rings. The minimum absolute atomic E-state index is 0.0382. The average Bonchev–Trinajstić information content (AvgIpc) is 2.65. The molecule has 132 valence electrons. The van der Waals surface area contributed by atoms with Gasteiger partial charge >= 0.3 is 5.97 Å². The van der Waals surface area contributed by atoms with E-state index in [1.54, 1.807) is 36.4 Å². The van der Waals surface area contributed by atoms with E-state index in [0.29, 0.717) is 17.0 Å². The van der Waals surface area contributed by atoms with Crippen LogP contribution in [0.15, 0.2) is 54.1 Å². The quantitative estimate of drug-likeness (QED) is 0.590. The molecule has 1 amide bonds. The molecule has 0 bridgehead atoms. The Bertz CT molecular complexity index is 847. The van der Waals surface area contributed by atoms with Crippen LogP contribution in [0.25, 0.3) is 6.08 Å². The first kappa shape index (κ1) is 18.7. The maximum absolute atomic E-state index is 12.3. The second-order valence-electron chi connectivity index (χ2n) is 5.43. The number of carboxylic acids is 1. The molecule has 0 saturated heterocycles. The molecule has 2 N–H and O–H groups in total. The molecule has 0 aliphatic heterocycles. The van der Waals surface area contributed by atoms with Gasteiger partial charge in [-0.25, -0.2) is 4.79 Å². The number of anilines is 1. The molecular formula is C20H18N2O4. The van der Waals surface area contributed by atoms with Crippen LogP contribution in [0.2, 0.25) is 0 Å². The SMILES string of the molecule is CCc1ccc(NC(=O)/C(C#N)=C/c2ccc(OCC(=O)O)cc2)cc1. The first-order valence-corrected chi connectivity index (χ1v) is 7.98. The molecule has 0 aliphatic rings. The molecular weight excluding hydrogens is 332 g/mol. The van der Waals surface area contributed by atoms with Crippen molar-refractivity contribution in [3.05, 3.63) is 65.2 Å². The second kappa shape index (κ2) is 9.04. The lowest BCUT2D eigenvalue weighted by Crippen LogP contribution is -2.13. The predicted octanol–water partition coefficient (Wildman–Crippen LogP) is 3.26. The molecule has 6 nitrogen and oxygen atoms in total. The first-order chi connectivity index (χ1) is 12.5. The average molecular weight is 350 g/mol. The van der Waals surface area contributed by atoms with Crippen LogP contribution in [0.5, 0.6) is 5.75 Å². The third-order valence-corrected chi connectivity index (χ3v) is 3.54. The number of carboxylic acid groups (broad SMARTS) is 1. The van der Waals surface area contributed by atoms with E-state index >= 15 is 0 Å². The normalized spacial score (nSPS) is 10.7. The van der Waals surface area contributed by atoms with E-state index < -0.39 is 18.5 Å². The van der Waals surface area contributed by atoms with Gasteiger partial charge in [0.15, 0.2) is 6.61 Å². The topological polar surface area (TPSA) is 99.4 Å². The van der Waals surface area contributed by atoms with Gasteiger partial charge in [-0.05, 0) is 47.9 Å². The summed E-state index contributed by atoms with van der Waals surface area (Å²) in [5, 5.41) is 20.5. The van der Waals surface area contributed by atoms with Gasteiger partial charge < -0.3 is 15.2 Å². The summed E-state index contributed by atoms with van der Waals surface area (Å²) in [6, 6.07) is 15.7. The zero-order valence-electron chi connectivity index (χ0n) is 14.2. The third kappa shape index (κ3) is 5.49. The number of carbonyl (C=O) groups is 2. The molecule has 0 heterocycles. The van der Waals surface area contributed by atoms with Crippen LogP contribution in [0.4, 0.5) is 5.69 Å². The van der Waals surface area contributed by atoms with Gasteiger partial charge in [-0.3, -0.25) is 4.79 Å². The van der Waals surface area contributed by atoms with Crippen molar-refractivity contribution in [3.63, 3.8) is 0 Å². The molecule has 0 saturated carbocycles.